The summed E-state index contributed by atoms with van der Waals surface area (Å²) in [5, 5.41) is 2.93. The molecular formula is C12H17F3N2. The minimum Gasteiger partial charge on any atom is -0.324 e. The van der Waals surface area contributed by atoms with Crippen LogP contribution in [0.4, 0.5) is 13.2 Å². The molecule has 1 aromatic rings. The molecule has 0 heterocycles. The summed E-state index contributed by atoms with van der Waals surface area (Å²) >= 11 is 0. The van der Waals surface area contributed by atoms with Crippen molar-refractivity contribution in [2.24, 2.45) is 5.73 Å². The van der Waals surface area contributed by atoms with Crippen molar-refractivity contribution in [2.45, 2.75) is 32.1 Å². The minimum atomic E-state index is -4.31. The van der Waals surface area contributed by atoms with Crippen molar-refractivity contribution in [1.29, 1.82) is 0 Å². The summed E-state index contributed by atoms with van der Waals surface area (Å²) in [6.07, 6.45) is -4.31. The van der Waals surface area contributed by atoms with Crippen molar-refractivity contribution in [3.05, 3.63) is 35.4 Å². The van der Waals surface area contributed by atoms with Crippen LogP contribution in [0.3, 0.4) is 0 Å². The Labute approximate surface area is 99.0 Å². The first kappa shape index (κ1) is 14.0. The topological polar surface area (TPSA) is 38.0 Å². The van der Waals surface area contributed by atoms with E-state index in [-0.39, 0.29) is 12.1 Å². The molecule has 0 aliphatic carbocycles. The number of benzene rings is 1. The smallest absolute Gasteiger partial charge is 0.324 e. The van der Waals surface area contributed by atoms with Gasteiger partial charge in [-0.3, -0.25) is 0 Å². The van der Waals surface area contributed by atoms with Gasteiger partial charge in [0.15, 0.2) is 0 Å². The van der Waals surface area contributed by atoms with E-state index >= 15 is 0 Å². The Kier molecular flexibility index (Phi) is 4.16. The molecule has 5 heteroatoms. The van der Waals surface area contributed by atoms with Crippen molar-refractivity contribution in [3.8, 4) is 0 Å². The molecule has 0 saturated carbocycles. The molecule has 0 unspecified atom stereocenters. The number of hydrogen-bond acceptors (Lipinski definition) is 2. The first-order valence-corrected chi connectivity index (χ1v) is 5.35. The normalized spacial score (nSPS) is 12.8. The SMILES string of the molecule is CC(C)(N)CNCc1ccccc1C(F)(F)F. The van der Waals surface area contributed by atoms with Gasteiger partial charge in [0.1, 0.15) is 0 Å². The van der Waals surface area contributed by atoms with Gasteiger partial charge in [0.2, 0.25) is 0 Å². The van der Waals surface area contributed by atoms with Crippen LogP contribution in [0.15, 0.2) is 24.3 Å². The van der Waals surface area contributed by atoms with E-state index in [0.717, 1.165) is 6.07 Å². The van der Waals surface area contributed by atoms with Gasteiger partial charge in [0, 0.05) is 18.6 Å². The Morgan fingerprint density at radius 1 is 1.18 bits per heavy atom. The lowest BCUT2D eigenvalue weighted by molar-refractivity contribution is -0.138. The molecule has 1 rings (SSSR count). The Hall–Kier alpha value is -1.07. The second-order valence-electron chi connectivity index (χ2n) is 4.75. The molecule has 0 saturated heterocycles. The first-order chi connectivity index (χ1) is 7.70. The third-order valence-electron chi connectivity index (χ3n) is 2.22. The lowest BCUT2D eigenvalue weighted by atomic mass is 10.1. The maximum Gasteiger partial charge on any atom is 0.416 e. The fraction of sp³-hybridized carbons (Fsp3) is 0.500. The average molecular weight is 246 g/mol. The number of hydrogen-bond donors (Lipinski definition) is 2. The zero-order valence-corrected chi connectivity index (χ0v) is 9.93. The van der Waals surface area contributed by atoms with Crippen LogP contribution in [0.25, 0.3) is 0 Å². The summed E-state index contributed by atoms with van der Waals surface area (Å²) in [6.45, 7) is 4.25. The van der Waals surface area contributed by atoms with Crippen LogP contribution in [0, 0.1) is 0 Å². The van der Waals surface area contributed by atoms with E-state index in [9.17, 15) is 13.2 Å². The molecule has 0 aliphatic heterocycles. The molecule has 3 N–H and O–H groups in total. The fourth-order valence-corrected chi connectivity index (χ4v) is 1.47. The second-order valence-corrected chi connectivity index (χ2v) is 4.75. The second kappa shape index (κ2) is 5.06. The Morgan fingerprint density at radius 2 is 1.76 bits per heavy atom. The van der Waals surface area contributed by atoms with Gasteiger partial charge in [0.05, 0.1) is 5.56 Å². The van der Waals surface area contributed by atoms with Crippen molar-refractivity contribution in [1.82, 2.24) is 5.32 Å². The van der Waals surface area contributed by atoms with Gasteiger partial charge in [-0.15, -0.1) is 0 Å². The molecule has 0 atom stereocenters. The number of alkyl halides is 3. The summed E-state index contributed by atoms with van der Waals surface area (Å²) in [6, 6.07) is 5.54. The largest absolute Gasteiger partial charge is 0.416 e. The van der Waals surface area contributed by atoms with Gasteiger partial charge in [-0.05, 0) is 25.5 Å². The Morgan fingerprint density at radius 3 is 2.29 bits per heavy atom. The van der Waals surface area contributed by atoms with Gasteiger partial charge in [-0.1, -0.05) is 18.2 Å². The quantitative estimate of drug-likeness (QED) is 0.856. The summed E-state index contributed by atoms with van der Waals surface area (Å²) in [7, 11) is 0. The molecule has 0 amide bonds. The predicted octanol–water partition coefficient (Wildman–Crippen LogP) is 2.53. The highest BCUT2D eigenvalue weighted by Crippen LogP contribution is 2.31. The molecule has 0 aromatic heterocycles. The maximum absolute atomic E-state index is 12.7. The number of nitrogens with one attached hydrogen (secondary N) is 1. The molecule has 0 bridgehead atoms. The van der Waals surface area contributed by atoms with E-state index in [4.69, 9.17) is 5.73 Å². The summed E-state index contributed by atoms with van der Waals surface area (Å²) in [5.74, 6) is 0. The molecule has 1 aromatic carbocycles. The summed E-state index contributed by atoms with van der Waals surface area (Å²) in [5.41, 5.74) is 4.95. The van der Waals surface area contributed by atoms with Crippen LogP contribution in [-0.4, -0.2) is 12.1 Å². The first-order valence-electron chi connectivity index (χ1n) is 5.35. The molecule has 96 valence electrons. The van der Waals surface area contributed by atoms with Crippen molar-refractivity contribution < 1.29 is 13.2 Å². The lowest BCUT2D eigenvalue weighted by Crippen LogP contribution is -2.42. The van der Waals surface area contributed by atoms with Gasteiger partial charge < -0.3 is 11.1 Å². The van der Waals surface area contributed by atoms with E-state index < -0.39 is 17.3 Å². The predicted molar refractivity (Wildman–Crippen MR) is 61.4 cm³/mol. The number of nitrogens with two attached hydrogens (primary N) is 1. The molecule has 17 heavy (non-hydrogen) atoms. The summed E-state index contributed by atoms with van der Waals surface area (Å²) in [4.78, 5) is 0. The van der Waals surface area contributed by atoms with Crippen molar-refractivity contribution in [2.75, 3.05) is 6.54 Å². The third kappa shape index (κ3) is 4.75. The molecular weight excluding hydrogens is 229 g/mol. The highest BCUT2D eigenvalue weighted by atomic mass is 19.4. The maximum atomic E-state index is 12.7. The van der Waals surface area contributed by atoms with Crippen LogP contribution in [-0.2, 0) is 12.7 Å². The van der Waals surface area contributed by atoms with E-state index in [1.54, 1.807) is 6.07 Å². The van der Waals surface area contributed by atoms with Crippen LogP contribution in [0.1, 0.15) is 25.0 Å². The van der Waals surface area contributed by atoms with Gasteiger partial charge in [0.25, 0.3) is 0 Å². The Balaban J connectivity index is 2.72. The lowest BCUT2D eigenvalue weighted by Gasteiger charge is -2.20. The minimum absolute atomic E-state index is 0.163. The van der Waals surface area contributed by atoms with Crippen LogP contribution < -0.4 is 11.1 Å². The molecule has 0 radical (unpaired) electrons. The number of halogens is 3. The molecule has 0 aliphatic rings. The van der Waals surface area contributed by atoms with Crippen LogP contribution in [0.5, 0.6) is 0 Å². The molecule has 0 spiro atoms. The Bertz CT molecular complexity index is 367. The zero-order chi connectivity index (χ0) is 13.1. The molecule has 0 fully saturated rings. The van der Waals surface area contributed by atoms with E-state index in [0.29, 0.717) is 6.54 Å². The zero-order valence-electron chi connectivity index (χ0n) is 9.93. The van der Waals surface area contributed by atoms with Crippen LogP contribution in [0.2, 0.25) is 0 Å². The monoisotopic (exact) mass is 246 g/mol. The van der Waals surface area contributed by atoms with E-state index in [1.165, 1.54) is 12.1 Å². The van der Waals surface area contributed by atoms with Crippen molar-refractivity contribution in [3.63, 3.8) is 0 Å². The van der Waals surface area contributed by atoms with Crippen LogP contribution >= 0.6 is 0 Å². The summed E-state index contributed by atoms with van der Waals surface area (Å²) < 4.78 is 38.0. The van der Waals surface area contributed by atoms with Gasteiger partial charge in [-0.25, -0.2) is 0 Å². The third-order valence-corrected chi connectivity index (χ3v) is 2.22. The van der Waals surface area contributed by atoms with Gasteiger partial charge in [-0.2, -0.15) is 13.2 Å². The highest BCUT2D eigenvalue weighted by molar-refractivity contribution is 5.29. The molecule has 2 nitrogen and oxygen atoms in total. The van der Waals surface area contributed by atoms with E-state index in [2.05, 4.69) is 5.32 Å². The fourth-order valence-electron chi connectivity index (χ4n) is 1.47. The van der Waals surface area contributed by atoms with E-state index in [1.807, 2.05) is 13.8 Å². The number of rotatable bonds is 4. The average Bonchev–Trinajstić information content (AvgIpc) is 2.15. The van der Waals surface area contributed by atoms with Crippen molar-refractivity contribution >= 4 is 0 Å². The van der Waals surface area contributed by atoms with Gasteiger partial charge >= 0.3 is 6.18 Å². The standard InChI is InChI=1S/C12H17F3N2/c1-11(2,16)8-17-7-9-5-3-4-6-10(9)12(13,14)15/h3-6,17H,7-8,16H2,1-2H3. The highest BCUT2D eigenvalue weighted by Gasteiger charge is 2.32.